The SMILES string of the molecule is O=C(C1CCCC1)N1CC[C@H](NC(=O)N(C2CCCC2)C2CC2)C1. The molecule has 3 saturated carbocycles. The maximum absolute atomic E-state index is 12.8. The smallest absolute Gasteiger partial charge is 0.318 e. The van der Waals surface area contributed by atoms with Gasteiger partial charge in [0.25, 0.3) is 0 Å². The van der Waals surface area contributed by atoms with Gasteiger partial charge < -0.3 is 15.1 Å². The summed E-state index contributed by atoms with van der Waals surface area (Å²) < 4.78 is 0. The van der Waals surface area contributed by atoms with Crippen LogP contribution in [0.1, 0.15) is 70.6 Å². The minimum Gasteiger partial charge on any atom is -0.340 e. The van der Waals surface area contributed by atoms with E-state index >= 15 is 0 Å². The van der Waals surface area contributed by atoms with E-state index in [1.165, 1.54) is 51.4 Å². The fourth-order valence-electron chi connectivity index (χ4n) is 4.92. The summed E-state index contributed by atoms with van der Waals surface area (Å²) in [5.74, 6) is 0.583. The highest BCUT2D eigenvalue weighted by atomic mass is 16.2. The van der Waals surface area contributed by atoms with Crippen molar-refractivity contribution in [1.82, 2.24) is 15.1 Å². The minimum absolute atomic E-state index is 0.129. The Hall–Kier alpha value is -1.26. The first-order valence-electron chi connectivity index (χ1n) is 10.1. The molecule has 1 heterocycles. The first kappa shape index (κ1) is 16.2. The molecular formula is C19H31N3O2. The Morgan fingerprint density at radius 2 is 1.46 bits per heavy atom. The van der Waals surface area contributed by atoms with Gasteiger partial charge in [0.05, 0.1) is 0 Å². The quantitative estimate of drug-likeness (QED) is 0.860. The van der Waals surface area contributed by atoms with Crippen molar-refractivity contribution in [3.63, 3.8) is 0 Å². The molecule has 1 atom stereocenters. The zero-order valence-corrected chi connectivity index (χ0v) is 14.7. The molecule has 134 valence electrons. The van der Waals surface area contributed by atoms with Gasteiger partial charge in [0, 0.05) is 37.1 Å². The van der Waals surface area contributed by atoms with Crippen LogP contribution in [-0.4, -0.2) is 53.0 Å². The third-order valence-electron chi connectivity index (χ3n) is 6.42. The number of hydrogen-bond acceptors (Lipinski definition) is 2. The predicted octanol–water partition coefficient (Wildman–Crippen LogP) is 2.89. The van der Waals surface area contributed by atoms with E-state index in [2.05, 4.69) is 10.2 Å². The van der Waals surface area contributed by atoms with E-state index in [0.717, 1.165) is 25.8 Å². The Balaban J connectivity index is 1.30. The topological polar surface area (TPSA) is 52.7 Å². The third-order valence-corrected chi connectivity index (χ3v) is 6.42. The van der Waals surface area contributed by atoms with Crippen molar-refractivity contribution < 1.29 is 9.59 Å². The van der Waals surface area contributed by atoms with Crippen LogP contribution in [0.4, 0.5) is 4.79 Å². The molecule has 4 fully saturated rings. The standard InChI is InChI=1S/C19H31N3O2/c23-18(14-5-1-2-6-14)21-12-11-15(13-21)20-19(24)22(17-9-10-17)16-7-3-4-8-16/h14-17H,1-13H2,(H,20,24)/t15-/m0/s1. The number of urea groups is 1. The summed E-state index contributed by atoms with van der Waals surface area (Å²) in [7, 11) is 0. The summed E-state index contributed by atoms with van der Waals surface area (Å²) in [4.78, 5) is 29.5. The Labute approximate surface area is 145 Å². The van der Waals surface area contributed by atoms with Gasteiger partial charge in [-0.05, 0) is 44.9 Å². The molecule has 3 aliphatic carbocycles. The number of carbonyl (C=O) groups excluding carboxylic acids is 2. The molecule has 0 radical (unpaired) electrons. The molecule has 0 unspecified atom stereocenters. The Morgan fingerprint density at radius 1 is 0.833 bits per heavy atom. The molecule has 4 rings (SSSR count). The Bertz CT molecular complexity index is 479. The molecule has 1 aliphatic heterocycles. The monoisotopic (exact) mass is 333 g/mol. The molecule has 24 heavy (non-hydrogen) atoms. The zero-order valence-electron chi connectivity index (χ0n) is 14.7. The lowest BCUT2D eigenvalue weighted by atomic mass is 10.1. The molecule has 4 aliphatic rings. The van der Waals surface area contributed by atoms with Crippen LogP contribution in [0.5, 0.6) is 0 Å². The lowest BCUT2D eigenvalue weighted by Crippen LogP contribution is -2.50. The number of rotatable bonds is 4. The van der Waals surface area contributed by atoms with Crippen LogP contribution in [0.25, 0.3) is 0 Å². The number of amides is 3. The van der Waals surface area contributed by atoms with Gasteiger partial charge in [-0.1, -0.05) is 25.7 Å². The van der Waals surface area contributed by atoms with Crippen LogP contribution in [-0.2, 0) is 4.79 Å². The van der Waals surface area contributed by atoms with E-state index in [1.54, 1.807) is 0 Å². The highest BCUT2D eigenvalue weighted by Crippen LogP contribution is 2.34. The van der Waals surface area contributed by atoms with Crippen molar-refractivity contribution in [2.24, 2.45) is 5.92 Å². The molecule has 3 amide bonds. The summed E-state index contributed by atoms with van der Waals surface area (Å²) in [6.45, 7) is 1.53. The van der Waals surface area contributed by atoms with Gasteiger partial charge in [-0.3, -0.25) is 4.79 Å². The molecule has 1 saturated heterocycles. The van der Waals surface area contributed by atoms with E-state index in [9.17, 15) is 9.59 Å². The van der Waals surface area contributed by atoms with Crippen molar-refractivity contribution in [2.75, 3.05) is 13.1 Å². The highest BCUT2D eigenvalue weighted by molar-refractivity contribution is 5.80. The van der Waals surface area contributed by atoms with Crippen LogP contribution in [0, 0.1) is 5.92 Å². The molecular weight excluding hydrogens is 302 g/mol. The average Bonchev–Trinajstić information content (AvgIpc) is 3.06. The molecule has 0 bridgehead atoms. The lowest BCUT2D eigenvalue weighted by Gasteiger charge is -2.30. The van der Waals surface area contributed by atoms with Gasteiger partial charge in [-0.2, -0.15) is 0 Å². The van der Waals surface area contributed by atoms with E-state index in [4.69, 9.17) is 0 Å². The number of likely N-dealkylation sites (tertiary alicyclic amines) is 1. The minimum atomic E-state index is 0.129. The van der Waals surface area contributed by atoms with Crippen LogP contribution < -0.4 is 5.32 Å². The fraction of sp³-hybridized carbons (Fsp3) is 0.895. The van der Waals surface area contributed by atoms with Crippen molar-refractivity contribution >= 4 is 11.9 Å². The summed E-state index contributed by atoms with van der Waals surface area (Å²) in [6, 6.07) is 1.20. The number of nitrogens with one attached hydrogen (secondary N) is 1. The predicted molar refractivity (Wildman–Crippen MR) is 92.6 cm³/mol. The average molecular weight is 333 g/mol. The van der Waals surface area contributed by atoms with E-state index in [1.807, 2.05) is 4.90 Å². The van der Waals surface area contributed by atoms with Gasteiger partial charge in [0.15, 0.2) is 0 Å². The van der Waals surface area contributed by atoms with Crippen molar-refractivity contribution in [3.05, 3.63) is 0 Å². The molecule has 1 N–H and O–H groups in total. The zero-order chi connectivity index (χ0) is 16.5. The first-order valence-corrected chi connectivity index (χ1v) is 10.1. The normalized spacial score (nSPS) is 28.5. The summed E-state index contributed by atoms with van der Waals surface area (Å²) >= 11 is 0. The van der Waals surface area contributed by atoms with E-state index in [0.29, 0.717) is 24.5 Å². The largest absolute Gasteiger partial charge is 0.340 e. The number of hydrogen-bond donors (Lipinski definition) is 1. The fourth-order valence-corrected chi connectivity index (χ4v) is 4.92. The Kier molecular flexibility index (Phi) is 4.68. The summed E-state index contributed by atoms with van der Waals surface area (Å²) in [5.41, 5.74) is 0. The molecule has 5 heteroatoms. The molecule has 0 aromatic heterocycles. The molecule has 0 spiro atoms. The second-order valence-corrected chi connectivity index (χ2v) is 8.28. The third kappa shape index (κ3) is 3.40. The second kappa shape index (κ2) is 6.93. The van der Waals surface area contributed by atoms with E-state index < -0.39 is 0 Å². The maximum atomic E-state index is 12.8. The highest BCUT2D eigenvalue weighted by Gasteiger charge is 2.40. The lowest BCUT2D eigenvalue weighted by molar-refractivity contribution is -0.134. The van der Waals surface area contributed by atoms with Gasteiger partial charge in [-0.15, -0.1) is 0 Å². The van der Waals surface area contributed by atoms with Crippen LogP contribution in [0.3, 0.4) is 0 Å². The number of nitrogens with zero attached hydrogens (tertiary/aromatic N) is 2. The van der Waals surface area contributed by atoms with Gasteiger partial charge >= 0.3 is 6.03 Å². The van der Waals surface area contributed by atoms with Crippen LogP contribution >= 0.6 is 0 Å². The first-order chi connectivity index (χ1) is 11.7. The molecule has 0 aromatic carbocycles. The molecule has 0 aromatic rings. The van der Waals surface area contributed by atoms with Gasteiger partial charge in [-0.25, -0.2) is 4.79 Å². The Morgan fingerprint density at radius 3 is 2.12 bits per heavy atom. The van der Waals surface area contributed by atoms with Crippen molar-refractivity contribution in [1.29, 1.82) is 0 Å². The number of carbonyl (C=O) groups is 2. The van der Waals surface area contributed by atoms with Crippen LogP contribution in [0.15, 0.2) is 0 Å². The van der Waals surface area contributed by atoms with Crippen molar-refractivity contribution in [2.45, 2.75) is 88.8 Å². The van der Waals surface area contributed by atoms with Crippen LogP contribution in [0.2, 0.25) is 0 Å². The van der Waals surface area contributed by atoms with Crippen molar-refractivity contribution in [3.8, 4) is 0 Å². The summed E-state index contributed by atoms with van der Waals surface area (Å²) in [5, 5.41) is 3.25. The van der Waals surface area contributed by atoms with Gasteiger partial charge in [0.2, 0.25) is 5.91 Å². The summed E-state index contributed by atoms with van der Waals surface area (Å²) in [6.07, 6.45) is 12.6. The maximum Gasteiger partial charge on any atom is 0.318 e. The second-order valence-electron chi connectivity index (χ2n) is 8.28. The molecule has 5 nitrogen and oxygen atoms in total. The van der Waals surface area contributed by atoms with E-state index in [-0.39, 0.29) is 18.0 Å². The van der Waals surface area contributed by atoms with Gasteiger partial charge in [0.1, 0.15) is 0 Å².